The first-order chi connectivity index (χ1) is 9.25. The van der Waals surface area contributed by atoms with Gasteiger partial charge in [-0.15, -0.1) is 11.3 Å². The molecule has 20 heavy (non-hydrogen) atoms. The highest BCUT2D eigenvalue weighted by molar-refractivity contribution is 7.10. The molecule has 0 spiro atoms. The summed E-state index contributed by atoms with van der Waals surface area (Å²) in [6.07, 6.45) is -4.17. The van der Waals surface area contributed by atoms with Crippen LogP contribution in [-0.4, -0.2) is 10.8 Å². The van der Waals surface area contributed by atoms with Gasteiger partial charge >= 0.3 is 6.18 Å². The van der Waals surface area contributed by atoms with Crippen LogP contribution in [0.1, 0.15) is 23.1 Å². The summed E-state index contributed by atoms with van der Waals surface area (Å²) >= 11 is 1.28. The van der Waals surface area contributed by atoms with Crippen LogP contribution in [-0.2, 0) is 17.4 Å². The Bertz CT molecular complexity index is 646. The normalized spacial score (nSPS) is 11.7. The van der Waals surface area contributed by atoms with E-state index in [9.17, 15) is 18.0 Å². The van der Waals surface area contributed by atoms with E-state index >= 15 is 0 Å². The fourth-order valence-electron chi connectivity index (χ4n) is 1.83. The number of alkyl halides is 3. The SMILES string of the molecule is CC(=O)Cc1nc(-c2cc(C)cc(C(F)(F)F)c2)cs1. The van der Waals surface area contributed by atoms with E-state index in [0.717, 1.165) is 12.1 Å². The van der Waals surface area contributed by atoms with E-state index < -0.39 is 11.7 Å². The van der Waals surface area contributed by atoms with Crippen LogP contribution in [0.4, 0.5) is 13.2 Å². The highest BCUT2D eigenvalue weighted by Crippen LogP contribution is 2.33. The van der Waals surface area contributed by atoms with Gasteiger partial charge in [-0.1, -0.05) is 0 Å². The van der Waals surface area contributed by atoms with Crippen LogP contribution in [0.5, 0.6) is 0 Å². The van der Waals surface area contributed by atoms with Crippen LogP contribution < -0.4 is 0 Å². The van der Waals surface area contributed by atoms with Gasteiger partial charge in [-0.25, -0.2) is 4.98 Å². The lowest BCUT2D eigenvalue weighted by molar-refractivity contribution is -0.137. The van der Waals surface area contributed by atoms with Gasteiger partial charge in [0.1, 0.15) is 10.8 Å². The third-order valence-corrected chi connectivity index (χ3v) is 3.50. The Labute approximate surface area is 118 Å². The molecule has 0 aliphatic carbocycles. The maximum atomic E-state index is 12.8. The van der Waals surface area contributed by atoms with Gasteiger partial charge in [0, 0.05) is 10.9 Å². The van der Waals surface area contributed by atoms with Gasteiger partial charge in [-0.2, -0.15) is 13.2 Å². The Morgan fingerprint density at radius 2 is 2.00 bits per heavy atom. The monoisotopic (exact) mass is 299 g/mol. The largest absolute Gasteiger partial charge is 0.416 e. The zero-order chi connectivity index (χ0) is 14.9. The van der Waals surface area contributed by atoms with Gasteiger partial charge in [0.05, 0.1) is 17.7 Å². The van der Waals surface area contributed by atoms with Crippen molar-refractivity contribution in [1.29, 1.82) is 0 Å². The van der Waals surface area contributed by atoms with Crippen molar-refractivity contribution in [3.05, 3.63) is 39.7 Å². The molecule has 2 aromatic rings. The third-order valence-electron chi connectivity index (χ3n) is 2.65. The van der Waals surface area contributed by atoms with Gasteiger partial charge in [-0.05, 0) is 37.6 Å². The number of Topliss-reactive ketones (excluding diaryl/α,β-unsaturated/α-hetero) is 1. The smallest absolute Gasteiger partial charge is 0.300 e. The molecule has 1 aromatic heterocycles. The molecule has 0 bridgehead atoms. The number of aryl methyl sites for hydroxylation is 1. The molecule has 0 aliphatic rings. The average Bonchev–Trinajstić information content (AvgIpc) is 2.74. The predicted molar refractivity (Wildman–Crippen MR) is 71.7 cm³/mol. The fraction of sp³-hybridized carbons (Fsp3) is 0.286. The number of nitrogens with zero attached hydrogens (tertiary/aromatic N) is 1. The minimum Gasteiger partial charge on any atom is -0.300 e. The number of hydrogen-bond donors (Lipinski definition) is 0. The van der Waals surface area contributed by atoms with Gasteiger partial charge < -0.3 is 0 Å². The topological polar surface area (TPSA) is 30.0 Å². The molecular weight excluding hydrogens is 287 g/mol. The highest BCUT2D eigenvalue weighted by Gasteiger charge is 2.31. The lowest BCUT2D eigenvalue weighted by atomic mass is 10.0. The van der Waals surface area contributed by atoms with Crippen molar-refractivity contribution in [2.45, 2.75) is 26.4 Å². The maximum Gasteiger partial charge on any atom is 0.416 e. The number of carbonyl (C=O) groups is 1. The fourth-order valence-corrected chi connectivity index (χ4v) is 2.71. The maximum absolute atomic E-state index is 12.8. The highest BCUT2D eigenvalue weighted by atomic mass is 32.1. The second kappa shape index (κ2) is 5.36. The summed E-state index contributed by atoms with van der Waals surface area (Å²) in [6, 6.07) is 3.84. The zero-order valence-corrected chi connectivity index (χ0v) is 11.7. The lowest BCUT2D eigenvalue weighted by Gasteiger charge is -2.09. The summed E-state index contributed by atoms with van der Waals surface area (Å²) in [7, 11) is 0. The Morgan fingerprint density at radius 3 is 2.60 bits per heavy atom. The molecule has 1 heterocycles. The van der Waals surface area contributed by atoms with Crippen LogP contribution in [0.3, 0.4) is 0 Å². The van der Waals surface area contributed by atoms with Crippen LogP contribution in [0.15, 0.2) is 23.6 Å². The van der Waals surface area contributed by atoms with Gasteiger partial charge in [0.15, 0.2) is 0 Å². The molecule has 0 saturated carbocycles. The molecule has 106 valence electrons. The van der Waals surface area contributed by atoms with Gasteiger partial charge in [0.25, 0.3) is 0 Å². The molecule has 1 aromatic carbocycles. The molecule has 0 fully saturated rings. The molecule has 0 atom stereocenters. The minimum atomic E-state index is -4.38. The second-order valence-electron chi connectivity index (χ2n) is 4.59. The van der Waals surface area contributed by atoms with Crippen molar-refractivity contribution in [2.75, 3.05) is 0 Å². The summed E-state index contributed by atoms with van der Waals surface area (Å²) in [4.78, 5) is 15.2. The van der Waals surface area contributed by atoms with Crippen molar-refractivity contribution in [3.8, 4) is 11.3 Å². The third kappa shape index (κ3) is 3.45. The zero-order valence-electron chi connectivity index (χ0n) is 10.9. The molecule has 0 N–H and O–H groups in total. The summed E-state index contributed by atoms with van der Waals surface area (Å²) in [5, 5.41) is 2.29. The van der Waals surface area contributed by atoms with E-state index in [-0.39, 0.29) is 12.2 Å². The first-order valence-electron chi connectivity index (χ1n) is 5.89. The minimum absolute atomic E-state index is 0.0221. The van der Waals surface area contributed by atoms with Crippen LogP contribution in [0, 0.1) is 6.92 Å². The first kappa shape index (κ1) is 14.7. The molecule has 0 amide bonds. The summed E-state index contributed by atoms with van der Waals surface area (Å²) in [6.45, 7) is 3.07. The van der Waals surface area contributed by atoms with Crippen molar-refractivity contribution < 1.29 is 18.0 Å². The molecule has 2 rings (SSSR count). The van der Waals surface area contributed by atoms with E-state index in [4.69, 9.17) is 0 Å². The van der Waals surface area contributed by atoms with Crippen molar-refractivity contribution in [1.82, 2.24) is 4.98 Å². The molecule has 6 heteroatoms. The molecular formula is C14H12F3NOS. The summed E-state index contributed by atoms with van der Waals surface area (Å²) in [5.41, 5.74) is 0.730. The predicted octanol–water partition coefficient (Wildman–Crippen LogP) is 4.27. The van der Waals surface area contributed by atoms with Gasteiger partial charge in [-0.3, -0.25) is 4.79 Å². The average molecular weight is 299 g/mol. The number of aromatic nitrogens is 1. The quantitative estimate of drug-likeness (QED) is 0.847. The van der Waals surface area contributed by atoms with E-state index in [0.29, 0.717) is 21.8 Å². The van der Waals surface area contributed by atoms with Gasteiger partial charge in [0.2, 0.25) is 0 Å². The first-order valence-corrected chi connectivity index (χ1v) is 6.77. The molecule has 0 radical (unpaired) electrons. The van der Waals surface area contributed by atoms with E-state index in [2.05, 4.69) is 4.98 Å². The Balaban J connectivity index is 2.40. The summed E-state index contributed by atoms with van der Waals surface area (Å²) in [5.74, 6) is -0.0221. The van der Waals surface area contributed by atoms with Crippen LogP contribution >= 0.6 is 11.3 Å². The van der Waals surface area contributed by atoms with Crippen molar-refractivity contribution in [3.63, 3.8) is 0 Å². The van der Waals surface area contributed by atoms with Crippen molar-refractivity contribution in [2.24, 2.45) is 0 Å². The number of benzene rings is 1. The molecule has 2 nitrogen and oxygen atoms in total. The number of ketones is 1. The number of rotatable bonds is 3. The summed E-state index contributed by atoms with van der Waals surface area (Å²) < 4.78 is 38.3. The van der Waals surface area contributed by atoms with Crippen LogP contribution in [0.2, 0.25) is 0 Å². The van der Waals surface area contributed by atoms with Crippen molar-refractivity contribution >= 4 is 17.1 Å². The Morgan fingerprint density at radius 1 is 1.30 bits per heavy atom. The number of halogens is 3. The molecule has 0 unspecified atom stereocenters. The molecule has 0 aliphatic heterocycles. The Kier molecular flexibility index (Phi) is 3.94. The lowest BCUT2D eigenvalue weighted by Crippen LogP contribution is -2.05. The Hall–Kier alpha value is -1.69. The molecule has 0 saturated heterocycles. The number of thiazole rings is 1. The number of carbonyl (C=O) groups excluding carboxylic acids is 1. The standard InChI is InChI=1S/C14H12F3NOS/c1-8-3-10(6-11(4-8)14(15,16)17)12-7-20-13(18-12)5-9(2)19/h3-4,6-7H,5H2,1-2H3. The number of hydrogen-bond acceptors (Lipinski definition) is 3. The van der Waals surface area contributed by atoms with Crippen LogP contribution in [0.25, 0.3) is 11.3 Å². The van der Waals surface area contributed by atoms with E-state index in [1.54, 1.807) is 18.4 Å². The van der Waals surface area contributed by atoms with E-state index in [1.165, 1.54) is 18.3 Å². The van der Waals surface area contributed by atoms with E-state index in [1.807, 2.05) is 0 Å². The second-order valence-corrected chi connectivity index (χ2v) is 5.53.